The molecule has 2 heteroatoms. The van der Waals surface area contributed by atoms with Gasteiger partial charge in [-0.05, 0) is 12.3 Å². The smallest absolute Gasteiger partial charge is 0.127 e. The Labute approximate surface area is 97.8 Å². The summed E-state index contributed by atoms with van der Waals surface area (Å²) < 4.78 is 5.83. The van der Waals surface area contributed by atoms with Crippen molar-refractivity contribution < 1.29 is 4.74 Å². The standard InChI is InChI=1S/C14H21NO/c1-9-7-10-12(15)5-6-16-13(10)11(8-9)14(2,3)4/h7-8,12H,5-6,15H2,1-4H3/t12-/m0/s1. The van der Waals surface area contributed by atoms with Gasteiger partial charge in [0, 0.05) is 23.6 Å². The Hall–Kier alpha value is -1.02. The molecule has 2 nitrogen and oxygen atoms in total. The van der Waals surface area contributed by atoms with Crippen LogP contribution >= 0.6 is 0 Å². The van der Waals surface area contributed by atoms with E-state index in [0.29, 0.717) is 0 Å². The predicted octanol–water partition coefficient (Wildman–Crippen LogP) is 3.07. The van der Waals surface area contributed by atoms with E-state index in [1.54, 1.807) is 0 Å². The third-order valence-corrected chi connectivity index (χ3v) is 3.14. The number of hydrogen-bond acceptors (Lipinski definition) is 2. The lowest BCUT2D eigenvalue weighted by Gasteiger charge is -2.30. The molecule has 0 aliphatic carbocycles. The van der Waals surface area contributed by atoms with E-state index < -0.39 is 0 Å². The van der Waals surface area contributed by atoms with Crippen molar-refractivity contribution in [3.63, 3.8) is 0 Å². The fraction of sp³-hybridized carbons (Fsp3) is 0.571. The molecule has 16 heavy (non-hydrogen) atoms. The highest BCUT2D eigenvalue weighted by Gasteiger charge is 2.26. The van der Waals surface area contributed by atoms with Crippen LogP contribution in [0.2, 0.25) is 0 Å². The van der Waals surface area contributed by atoms with Crippen molar-refractivity contribution in [2.75, 3.05) is 6.61 Å². The zero-order chi connectivity index (χ0) is 11.9. The number of rotatable bonds is 0. The van der Waals surface area contributed by atoms with Gasteiger partial charge in [0.2, 0.25) is 0 Å². The van der Waals surface area contributed by atoms with E-state index in [2.05, 4.69) is 39.8 Å². The molecule has 0 saturated carbocycles. The second kappa shape index (κ2) is 3.77. The first-order chi connectivity index (χ1) is 7.39. The van der Waals surface area contributed by atoms with Crippen LogP contribution in [0.4, 0.5) is 0 Å². The van der Waals surface area contributed by atoms with Crippen LogP contribution in [0.3, 0.4) is 0 Å². The summed E-state index contributed by atoms with van der Waals surface area (Å²) in [6, 6.07) is 4.51. The summed E-state index contributed by atoms with van der Waals surface area (Å²) >= 11 is 0. The molecule has 1 aliphatic heterocycles. The molecule has 88 valence electrons. The minimum absolute atomic E-state index is 0.104. The maximum absolute atomic E-state index is 6.15. The molecular formula is C14H21NO. The molecule has 2 rings (SSSR count). The maximum Gasteiger partial charge on any atom is 0.127 e. The third kappa shape index (κ3) is 1.94. The second-order valence-electron chi connectivity index (χ2n) is 5.72. The van der Waals surface area contributed by atoms with Crippen LogP contribution in [-0.4, -0.2) is 6.61 Å². The normalized spacial score (nSPS) is 20.2. The predicted molar refractivity (Wildman–Crippen MR) is 66.9 cm³/mol. The van der Waals surface area contributed by atoms with Gasteiger partial charge in [-0.25, -0.2) is 0 Å². The zero-order valence-corrected chi connectivity index (χ0v) is 10.6. The molecule has 1 aliphatic rings. The van der Waals surface area contributed by atoms with E-state index in [9.17, 15) is 0 Å². The average Bonchev–Trinajstić information content (AvgIpc) is 2.17. The summed E-state index contributed by atoms with van der Waals surface area (Å²) in [6.07, 6.45) is 0.917. The second-order valence-corrected chi connectivity index (χ2v) is 5.72. The van der Waals surface area contributed by atoms with Crippen LogP contribution in [0.5, 0.6) is 5.75 Å². The quantitative estimate of drug-likeness (QED) is 0.727. The van der Waals surface area contributed by atoms with Crippen LogP contribution in [0.1, 0.15) is 49.9 Å². The van der Waals surface area contributed by atoms with E-state index in [1.807, 2.05) is 0 Å². The highest BCUT2D eigenvalue weighted by molar-refractivity contribution is 5.50. The minimum atomic E-state index is 0.104. The summed E-state index contributed by atoms with van der Waals surface area (Å²) in [4.78, 5) is 0. The largest absolute Gasteiger partial charge is 0.493 e. The van der Waals surface area contributed by atoms with Crippen LogP contribution in [-0.2, 0) is 5.41 Å². The average molecular weight is 219 g/mol. The van der Waals surface area contributed by atoms with Crippen molar-refractivity contribution in [3.05, 3.63) is 28.8 Å². The minimum Gasteiger partial charge on any atom is -0.493 e. The van der Waals surface area contributed by atoms with E-state index >= 15 is 0 Å². The highest BCUT2D eigenvalue weighted by atomic mass is 16.5. The molecule has 0 spiro atoms. The molecule has 0 radical (unpaired) electrons. The number of aryl methyl sites for hydroxylation is 1. The summed E-state index contributed by atoms with van der Waals surface area (Å²) in [7, 11) is 0. The van der Waals surface area contributed by atoms with E-state index in [4.69, 9.17) is 10.5 Å². The van der Waals surface area contributed by atoms with Crippen LogP contribution in [0.15, 0.2) is 12.1 Å². The number of hydrogen-bond donors (Lipinski definition) is 1. The van der Waals surface area contributed by atoms with Gasteiger partial charge in [-0.3, -0.25) is 0 Å². The SMILES string of the molecule is Cc1cc2c(c(C(C)(C)C)c1)OCC[C@@H]2N. The molecule has 1 aromatic carbocycles. The van der Waals surface area contributed by atoms with E-state index in [0.717, 1.165) is 18.8 Å². The van der Waals surface area contributed by atoms with Crippen LogP contribution in [0, 0.1) is 6.92 Å². The molecule has 0 aromatic heterocycles. The molecule has 0 amide bonds. The molecule has 0 unspecified atom stereocenters. The molecule has 0 fully saturated rings. The molecule has 1 heterocycles. The number of benzene rings is 1. The van der Waals surface area contributed by atoms with E-state index in [-0.39, 0.29) is 11.5 Å². The lowest BCUT2D eigenvalue weighted by molar-refractivity contribution is 0.261. The van der Waals surface area contributed by atoms with Crippen LogP contribution < -0.4 is 10.5 Å². The van der Waals surface area contributed by atoms with Gasteiger partial charge in [-0.15, -0.1) is 0 Å². The Morgan fingerprint density at radius 2 is 2.00 bits per heavy atom. The fourth-order valence-corrected chi connectivity index (χ4v) is 2.24. The molecular weight excluding hydrogens is 198 g/mol. The Balaban J connectivity index is 2.62. The fourth-order valence-electron chi connectivity index (χ4n) is 2.24. The van der Waals surface area contributed by atoms with Crippen molar-refractivity contribution in [1.82, 2.24) is 0 Å². The topological polar surface area (TPSA) is 35.2 Å². The number of fused-ring (bicyclic) bond motifs is 1. The van der Waals surface area contributed by atoms with Crippen molar-refractivity contribution in [1.29, 1.82) is 0 Å². The Bertz CT molecular complexity index is 404. The Kier molecular flexibility index (Phi) is 2.70. The maximum atomic E-state index is 6.15. The van der Waals surface area contributed by atoms with Gasteiger partial charge in [0.05, 0.1) is 6.61 Å². The lowest BCUT2D eigenvalue weighted by atomic mass is 9.82. The zero-order valence-electron chi connectivity index (χ0n) is 10.6. The van der Waals surface area contributed by atoms with Gasteiger partial charge in [-0.2, -0.15) is 0 Å². The van der Waals surface area contributed by atoms with E-state index in [1.165, 1.54) is 16.7 Å². The lowest BCUT2D eigenvalue weighted by Crippen LogP contribution is -2.24. The highest BCUT2D eigenvalue weighted by Crippen LogP contribution is 2.40. The Morgan fingerprint density at radius 1 is 1.31 bits per heavy atom. The molecule has 1 atom stereocenters. The number of ether oxygens (including phenoxy) is 1. The monoisotopic (exact) mass is 219 g/mol. The first-order valence-corrected chi connectivity index (χ1v) is 5.93. The van der Waals surface area contributed by atoms with Crippen molar-refractivity contribution in [2.45, 2.75) is 45.6 Å². The molecule has 0 bridgehead atoms. The van der Waals surface area contributed by atoms with Crippen LogP contribution in [0.25, 0.3) is 0 Å². The first-order valence-electron chi connectivity index (χ1n) is 5.93. The summed E-state index contributed by atoms with van der Waals surface area (Å²) in [5.41, 5.74) is 9.97. The van der Waals surface area contributed by atoms with Gasteiger partial charge >= 0.3 is 0 Å². The molecule has 2 N–H and O–H groups in total. The number of nitrogens with two attached hydrogens (primary N) is 1. The molecule has 0 saturated heterocycles. The van der Waals surface area contributed by atoms with Crippen molar-refractivity contribution in [3.8, 4) is 5.75 Å². The Morgan fingerprint density at radius 3 is 2.62 bits per heavy atom. The summed E-state index contributed by atoms with van der Waals surface area (Å²) in [5.74, 6) is 1.02. The summed E-state index contributed by atoms with van der Waals surface area (Å²) in [6.45, 7) is 9.50. The van der Waals surface area contributed by atoms with Gasteiger partial charge in [-0.1, -0.05) is 38.5 Å². The third-order valence-electron chi connectivity index (χ3n) is 3.14. The molecule has 1 aromatic rings. The van der Waals surface area contributed by atoms with Gasteiger partial charge < -0.3 is 10.5 Å². The first kappa shape index (κ1) is 11.5. The van der Waals surface area contributed by atoms with Crippen molar-refractivity contribution >= 4 is 0 Å². The summed E-state index contributed by atoms with van der Waals surface area (Å²) in [5, 5.41) is 0. The van der Waals surface area contributed by atoms with Gasteiger partial charge in [0.1, 0.15) is 5.75 Å². The van der Waals surface area contributed by atoms with Crippen molar-refractivity contribution in [2.24, 2.45) is 5.73 Å². The van der Waals surface area contributed by atoms with Gasteiger partial charge in [0.25, 0.3) is 0 Å². The van der Waals surface area contributed by atoms with Gasteiger partial charge in [0.15, 0.2) is 0 Å².